The Bertz CT molecular complexity index is 674. The zero-order chi connectivity index (χ0) is 14.8. The van der Waals surface area contributed by atoms with Crippen molar-refractivity contribution < 1.29 is 9.18 Å². The summed E-state index contributed by atoms with van der Waals surface area (Å²) in [5.41, 5.74) is 8.16. The van der Waals surface area contributed by atoms with E-state index in [1.54, 1.807) is 4.90 Å². The number of amides is 1. The molecule has 4 nitrogen and oxygen atoms in total. The number of nitrogens with zero attached hydrogens (tertiary/aromatic N) is 2. The molecular weight excluding hydrogens is 269 g/mol. The van der Waals surface area contributed by atoms with Crippen molar-refractivity contribution in [2.45, 2.75) is 12.5 Å². The maximum atomic E-state index is 13.8. The maximum absolute atomic E-state index is 13.8. The van der Waals surface area contributed by atoms with Gasteiger partial charge in [-0.05, 0) is 23.6 Å². The summed E-state index contributed by atoms with van der Waals surface area (Å²) in [6.07, 6.45) is 3.24. The highest BCUT2D eigenvalue weighted by Crippen LogP contribution is 2.30. The summed E-state index contributed by atoms with van der Waals surface area (Å²) in [6, 6.07) is 9.14. The average Bonchev–Trinajstić information content (AvgIpc) is 2.53. The van der Waals surface area contributed by atoms with Crippen LogP contribution in [0, 0.1) is 5.82 Å². The van der Waals surface area contributed by atoms with E-state index in [0.717, 1.165) is 18.2 Å². The highest BCUT2D eigenvalue weighted by Gasteiger charge is 2.31. The lowest BCUT2D eigenvalue weighted by Crippen LogP contribution is -2.43. The van der Waals surface area contributed by atoms with Gasteiger partial charge >= 0.3 is 0 Å². The van der Waals surface area contributed by atoms with Crippen LogP contribution < -0.4 is 5.73 Å². The highest BCUT2D eigenvalue weighted by molar-refractivity contribution is 5.94. The van der Waals surface area contributed by atoms with Crippen molar-refractivity contribution in [1.82, 2.24) is 9.88 Å². The fraction of sp³-hybridized carbons (Fsp3) is 0.250. The van der Waals surface area contributed by atoms with Crippen LogP contribution in [-0.4, -0.2) is 28.9 Å². The Balaban J connectivity index is 1.96. The van der Waals surface area contributed by atoms with Gasteiger partial charge in [-0.15, -0.1) is 0 Å². The topological polar surface area (TPSA) is 59.2 Å². The number of halogens is 1. The largest absolute Gasteiger partial charge is 0.330 e. The third-order valence-electron chi connectivity index (χ3n) is 3.90. The molecule has 0 bridgehead atoms. The molecular formula is C16H16FN3O. The van der Waals surface area contributed by atoms with Crippen molar-refractivity contribution in [3.63, 3.8) is 0 Å². The smallest absolute Gasteiger partial charge is 0.257 e. The highest BCUT2D eigenvalue weighted by atomic mass is 19.1. The molecule has 1 atom stereocenters. The van der Waals surface area contributed by atoms with E-state index in [2.05, 4.69) is 4.98 Å². The van der Waals surface area contributed by atoms with Crippen molar-refractivity contribution in [2.24, 2.45) is 5.73 Å². The first-order valence-electron chi connectivity index (χ1n) is 6.90. The van der Waals surface area contributed by atoms with Gasteiger partial charge in [0.25, 0.3) is 5.91 Å². The molecule has 2 aromatic rings. The number of carbonyl (C=O) groups is 1. The third kappa shape index (κ3) is 2.40. The second kappa shape index (κ2) is 5.61. The minimum Gasteiger partial charge on any atom is -0.330 e. The molecule has 1 amide bonds. The molecule has 1 aliphatic heterocycles. The lowest BCUT2D eigenvalue weighted by Gasteiger charge is -2.36. The van der Waals surface area contributed by atoms with Crippen molar-refractivity contribution in [2.75, 3.05) is 13.1 Å². The van der Waals surface area contributed by atoms with Crippen LogP contribution in [0.2, 0.25) is 0 Å². The number of nitrogens with two attached hydrogens (primary N) is 1. The molecule has 0 radical (unpaired) electrons. The molecule has 21 heavy (non-hydrogen) atoms. The monoisotopic (exact) mass is 285 g/mol. The van der Waals surface area contributed by atoms with Gasteiger partial charge in [0.15, 0.2) is 5.82 Å². The number of benzene rings is 1. The van der Waals surface area contributed by atoms with Gasteiger partial charge in [0.05, 0.1) is 17.8 Å². The second-order valence-corrected chi connectivity index (χ2v) is 5.05. The lowest BCUT2D eigenvalue weighted by molar-refractivity contribution is 0.0663. The van der Waals surface area contributed by atoms with Crippen LogP contribution in [0.3, 0.4) is 0 Å². The van der Waals surface area contributed by atoms with Crippen molar-refractivity contribution in [3.8, 4) is 0 Å². The Morgan fingerprint density at radius 3 is 2.95 bits per heavy atom. The van der Waals surface area contributed by atoms with Gasteiger partial charge in [-0.25, -0.2) is 4.39 Å². The second-order valence-electron chi connectivity index (χ2n) is 5.05. The molecule has 0 saturated carbocycles. The van der Waals surface area contributed by atoms with Crippen LogP contribution in [0.4, 0.5) is 4.39 Å². The SMILES string of the molecule is NCC1c2ccccc2CCN1C(=O)c1ccncc1F. The molecule has 1 aromatic heterocycles. The minimum absolute atomic E-state index is 0.0443. The molecule has 1 unspecified atom stereocenters. The van der Waals surface area contributed by atoms with Crippen LogP contribution in [-0.2, 0) is 6.42 Å². The third-order valence-corrected chi connectivity index (χ3v) is 3.90. The first-order valence-corrected chi connectivity index (χ1v) is 6.90. The van der Waals surface area contributed by atoms with E-state index in [-0.39, 0.29) is 17.5 Å². The van der Waals surface area contributed by atoms with Crippen LogP contribution in [0.25, 0.3) is 0 Å². The Kier molecular flexibility index (Phi) is 3.66. The number of hydrogen-bond acceptors (Lipinski definition) is 3. The van der Waals surface area contributed by atoms with E-state index in [4.69, 9.17) is 5.73 Å². The van der Waals surface area contributed by atoms with Gasteiger partial charge in [0, 0.05) is 19.3 Å². The fourth-order valence-electron chi connectivity index (χ4n) is 2.85. The standard InChI is InChI=1S/C16H16FN3O/c17-14-10-19-7-5-13(14)16(21)20-8-6-11-3-1-2-4-12(11)15(20)9-18/h1-5,7,10,15H,6,8-9,18H2. The number of hydrogen-bond donors (Lipinski definition) is 1. The molecule has 2 N–H and O–H groups in total. The normalized spacial score (nSPS) is 17.4. The first kappa shape index (κ1) is 13.7. The van der Waals surface area contributed by atoms with E-state index in [0.29, 0.717) is 13.1 Å². The van der Waals surface area contributed by atoms with Gasteiger partial charge in [-0.3, -0.25) is 9.78 Å². The summed E-state index contributed by atoms with van der Waals surface area (Å²) in [4.78, 5) is 17.9. The fourth-order valence-corrected chi connectivity index (χ4v) is 2.85. The molecule has 2 heterocycles. The molecule has 0 aliphatic carbocycles. The first-order chi connectivity index (χ1) is 10.2. The van der Waals surface area contributed by atoms with Crippen LogP contribution in [0.5, 0.6) is 0 Å². The summed E-state index contributed by atoms with van der Waals surface area (Å²) in [7, 11) is 0. The molecule has 0 spiro atoms. The van der Waals surface area contributed by atoms with Crippen molar-refractivity contribution in [3.05, 3.63) is 65.2 Å². The van der Waals surface area contributed by atoms with E-state index in [1.165, 1.54) is 17.8 Å². The van der Waals surface area contributed by atoms with Crippen molar-refractivity contribution >= 4 is 5.91 Å². The maximum Gasteiger partial charge on any atom is 0.257 e. The molecule has 108 valence electrons. The van der Waals surface area contributed by atoms with E-state index in [1.807, 2.05) is 24.3 Å². The summed E-state index contributed by atoms with van der Waals surface area (Å²) in [6.45, 7) is 0.856. The van der Waals surface area contributed by atoms with Gasteiger partial charge in [-0.2, -0.15) is 0 Å². The predicted molar refractivity (Wildman–Crippen MR) is 77.2 cm³/mol. The van der Waals surface area contributed by atoms with E-state index < -0.39 is 5.82 Å². The lowest BCUT2D eigenvalue weighted by atomic mass is 9.92. The van der Waals surface area contributed by atoms with Gasteiger partial charge < -0.3 is 10.6 Å². The van der Waals surface area contributed by atoms with Crippen LogP contribution >= 0.6 is 0 Å². The van der Waals surface area contributed by atoms with Gasteiger partial charge in [0.1, 0.15) is 0 Å². The van der Waals surface area contributed by atoms with Crippen LogP contribution in [0.15, 0.2) is 42.7 Å². The number of pyridine rings is 1. The van der Waals surface area contributed by atoms with E-state index in [9.17, 15) is 9.18 Å². The number of rotatable bonds is 2. The Hall–Kier alpha value is -2.27. The minimum atomic E-state index is -0.600. The number of fused-ring (bicyclic) bond motifs is 1. The molecule has 0 saturated heterocycles. The molecule has 1 aliphatic rings. The summed E-state index contributed by atoms with van der Waals surface area (Å²) in [5, 5.41) is 0. The van der Waals surface area contributed by atoms with E-state index >= 15 is 0 Å². The molecule has 1 aromatic carbocycles. The van der Waals surface area contributed by atoms with Crippen molar-refractivity contribution in [1.29, 1.82) is 0 Å². The zero-order valence-electron chi connectivity index (χ0n) is 11.5. The number of aromatic nitrogens is 1. The predicted octanol–water partition coefficient (Wildman–Crippen LogP) is 1.92. The van der Waals surface area contributed by atoms with Gasteiger partial charge in [0.2, 0.25) is 0 Å². The molecule has 3 rings (SSSR count). The zero-order valence-corrected chi connectivity index (χ0v) is 11.5. The summed E-state index contributed by atoms with van der Waals surface area (Å²) >= 11 is 0. The molecule has 5 heteroatoms. The summed E-state index contributed by atoms with van der Waals surface area (Å²) < 4.78 is 13.8. The Labute approximate surface area is 122 Å². The van der Waals surface area contributed by atoms with Crippen LogP contribution in [0.1, 0.15) is 27.5 Å². The number of carbonyl (C=O) groups excluding carboxylic acids is 1. The Morgan fingerprint density at radius 1 is 1.38 bits per heavy atom. The molecule has 0 fully saturated rings. The van der Waals surface area contributed by atoms with Gasteiger partial charge in [-0.1, -0.05) is 24.3 Å². The summed E-state index contributed by atoms with van der Waals surface area (Å²) in [5.74, 6) is -0.933. The average molecular weight is 285 g/mol. The Morgan fingerprint density at radius 2 is 2.19 bits per heavy atom. The quantitative estimate of drug-likeness (QED) is 0.917.